The molecule has 1 unspecified atom stereocenters. The van der Waals surface area contributed by atoms with Crippen molar-refractivity contribution in [3.8, 4) is 0 Å². The zero-order chi connectivity index (χ0) is 34.2. The highest BCUT2D eigenvalue weighted by Crippen LogP contribution is 2.37. The van der Waals surface area contributed by atoms with Crippen LogP contribution >= 0.6 is 27.7 Å². The molecule has 12 heteroatoms. The highest BCUT2D eigenvalue weighted by Gasteiger charge is 2.27. The fourth-order valence-corrected chi connectivity index (χ4v) is 5.68. The minimum absolute atomic E-state index is 0.0151. The van der Waals surface area contributed by atoms with Crippen LogP contribution in [0.5, 0.6) is 0 Å². The van der Waals surface area contributed by atoms with Crippen molar-refractivity contribution < 1.29 is 31.9 Å². The monoisotopic (exact) mass is 733 g/mol. The Bertz CT molecular complexity index is 1950. The largest absolute Gasteiger partial charge is 0.321 e. The van der Waals surface area contributed by atoms with Crippen LogP contribution in [0.25, 0.3) is 6.08 Å². The predicted molar refractivity (Wildman–Crippen MR) is 181 cm³/mol. The van der Waals surface area contributed by atoms with Gasteiger partial charge in [0.1, 0.15) is 16.6 Å². The van der Waals surface area contributed by atoms with Gasteiger partial charge in [-0.25, -0.2) is 17.6 Å². The number of carbonyl (C=O) groups excluding carboxylic acids is 3. The Kier molecular flexibility index (Phi) is 11.1. The van der Waals surface area contributed by atoms with Gasteiger partial charge < -0.3 is 16.0 Å². The topological polar surface area (TPSA) is 87.3 Å². The summed E-state index contributed by atoms with van der Waals surface area (Å²) in [7, 11) is 0. The lowest BCUT2D eigenvalue weighted by molar-refractivity contribution is -0.116. The van der Waals surface area contributed by atoms with E-state index in [1.807, 2.05) is 5.32 Å². The second-order valence-electron chi connectivity index (χ2n) is 10.1. The number of amides is 3. The molecule has 0 spiro atoms. The Hall–Kier alpha value is -5.20. The molecule has 0 radical (unpaired) electrons. The Morgan fingerprint density at radius 3 is 1.90 bits per heavy atom. The predicted octanol–water partition coefficient (Wildman–Crippen LogP) is 8.89. The summed E-state index contributed by atoms with van der Waals surface area (Å²) in [6.45, 7) is 0. The third-order valence-corrected chi connectivity index (χ3v) is 8.57. The van der Waals surface area contributed by atoms with Crippen LogP contribution in [-0.2, 0) is 9.59 Å². The molecule has 0 aliphatic heterocycles. The molecule has 5 aromatic rings. The summed E-state index contributed by atoms with van der Waals surface area (Å²) < 4.78 is 57.1. The second kappa shape index (κ2) is 15.6. The van der Waals surface area contributed by atoms with Gasteiger partial charge in [0.25, 0.3) is 11.8 Å². The molecule has 5 rings (SSSR count). The van der Waals surface area contributed by atoms with Gasteiger partial charge in [-0.2, -0.15) is 0 Å². The molecule has 0 fully saturated rings. The lowest BCUT2D eigenvalue weighted by Crippen LogP contribution is -2.30. The van der Waals surface area contributed by atoms with Gasteiger partial charge in [-0.1, -0.05) is 76.6 Å². The molecule has 0 saturated heterocycles. The number of hydrogen-bond acceptors (Lipinski definition) is 4. The summed E-state index contributed by atoms with van der Waals surface area (Å²) in [6.07, 6.45) is 1.53. The smallest absolute Gasteiger partial charge is 0.272 e. The average molecular weight is 735 g/mol. The van der Waals surface area contributed by atoms with Gasteiger partial charge in [0.2, 0.25) is 5.91 Å². The van der Waals surface area contributed by atoms with Crippen molar-refractivity contribution in [2.24, 2.45) is 0 Å². The highest BCUT2D eigenvalue weighted by molar-refractivity contribution is 9.10. The van der Waals surface area contributed by atoms with E-state index in [1.165, 1.54) is 6.08 Å². The molecule has 242 valence electrons. The van der Waals surface area contributed by atoms with E-state index >= 15 is 0 Å². The van der Waals surface area contributed by atoms with Gasteiger partial charge in [-0.05, 0) is 65.7 Å². The maximum absolute atomic E-state index is 14.3. The normalized spacial score (nSPS) is 11.8. The van der Waals surface area contributed by atoms with E-state index in [1.54, 1.807) is 109 Å². The molecule has 48 heavy (non-hydrogen) atoms. The van der Waals surface area contributed by atoms with E-state index in [4.69, 9.17) is 0 Å². The molecule has 1 atom stereocenters. The summed E-state index contributed by atoms with van der Waals surface area (Å²) in [4.78, 5) is 40.1. The van der Waals surface area contributed by atoms with E-state index in [-0.39, 0.29) is 11.8 Å². The van der Waals surface area contributed by atoms with Crippen molar-refractivity contribution in [3.05, 3.63) is 165 Å². The first kappa shape index (κ1) is 34.1. The van der Waals surface area contributed by atoms with Crippen LogP contribution in [0.15, 0.2) is 130 Å². The third kappa shape index (κ3) is 8.58. The van der Waals surface area contributed by atoms with E-state index < -0.39 is 51.9 Å². The van der Waals surface area contributed by atoms with Crippen molar-refractivity contribution in [2.75, 3.05) is 10.6 Å². The van der Waals surface area contributed by atoms with Gasteiger partial charge in [0.05, 0.1) is 0 Å². The highest BCUT2D eigenvalue weighted by atomic mass is 79.9. The number of thioether (sulfide) groups is 1. The third-order valence-electron chi connectivity index (χ3n) is 6.78. The molecule has 0 aliphatic carbocycles. The van der Waals surface area contributed by atoms with Crippen molar-refractivity contribution in [1.29, 1.82) is 0 Å². The molecule has 5 aromatic carbocycles. The summed E-state index contributed by atoms with van der Waals surface area (Å²) in [6, 6.07) is 30.2. The molecule has 0 heterocycles. The number of hydrogen-bond donors (Lipinski definition) is 3. The Morgan fingerprint density at radius 1 is 0.708 bits per heavy atom. The van der Waals surface area contributed by atoms with Crippen molar-refractivity contribution in [1.82, 2.24) is 5.32 Å². The van der Waals surface area contributed by atoms with Crippen LogP contribution < -0.4 is 16.0 Å². The van der Waals surface area contributed by atoms with E-state index in [0.29, 0.717) is 27.3 Å². The first-order valence-electron chi connectivity index (χ1n) is 14.2. The number of halogens is 5. The minimum Gasteiger partial charge on any atom is -0.321 e. The zero-order valence-electron chi connectivity index (χ0n) is 24.6. The Balaban J connectivity index is 1.35. The van der Waals surface area contributed by atoms with Crippen molar-refractivity contribution >= 4 is 62.9 Å². The van der Waals surface area contributed by atoms with Gasteiger partial charge in [-0.15, -0.1) is 11.8 Å². The summed E-state index contributed by atoms with van der Waals surface area (Å²) in [5, 5.41) is 6.31. The lowest BCUT2D eigenvalue weighted by Gasteiger charge is -2.18. The van der Waals surface area contributed by atoms with Crippen molar-refractivity contribution in [2.45, 2.75) is 10.1 Å². The van der Waals surface area contributed by atoms with Crippen LogP contribution in [0.3, 0.4) is 0 Å². The van der Waals surface area contributed by atoms with E-state index in [2.05, 4.69) is 26.6 Å². The van der Waals surface area contributed by atoms with E-state index in [0.717, 1.165) is 16.2 Å². The number of rotatable bonds is 10. The molecule has 0 bridgehead atoms. The van der Waals surface area contributed by atoms with Gasteiger partial charge in [0, 0.05) is 26.7 Å². The fraction of sp³-hybridized carbons (Fsp3) is 0.0278. The lowest BCUT2D eigenvalue weighted by atomic mass is 10.1. The summed E-state index contributed by atoms with van der Waals surface area (Å²) in [5.41, 5.74) is 0.585. The summed E-state index contributed by atoms with van der Waals surface area (Å²) in [5.74, 6) is -8.77. The Morgan fingerprint density at radius 2 is 1.29 bits per heavy atom. The second-order valence-corrected chi connectivity index (χ2v) is 12.2. The SMILES string of the molecule is O=C(Nc1ccc(SC(C(=O)Nc2c(F)c(F)cc(F)c2F)c2ccccc2)cc1)/C(=C/c1ccc(Br)cc1)NC(=O)c1ccccc1. The quantitative estimate of drug-likeness (QED) is 0.0579. The number of carbonyl (C=O) groups is 3. The number of nitrogens with one attached hydrogen (secondary N) is 3. The van der Waals surface area contributed by atoms with Crippen LogP contribution in [0.1, 0.15) is 26.7 Å². The fourth-order valence-electron chi connectivity index (χ4n) is 4.39. The molecule has 6 nitrogen and oxygen atoms in total. The van der Waals surface area contributed by atoms with Gasteiger partial charge >= 0.3 is 0 Å². The van der Waals surface area contributed by atoms with Gasteiger partial charge in [-0.3, -0.25) is 14.4 Å². The average Bonchev–Trinajstić information content (AvgIpc) is 3.10. The molecule has 0 aliphatic rings. The molecule has 0 saturated carbocycles. The van der Waals surface area contributed by atoms with Crippen LogP contribution in [0.4, 0.5) is 28.9 Å². The summed E-state index contributed by atoms with van der Waals surface area (Å²) >= 11 is 4.37. The minimum atomic E-state index is -1.73. The molecular formula is C36H24BrF4N3O3S. The standard InChI is InChI=1S/C36H24BrF4N3O3S/c37-24-13-11-21(12-14-24)19-29(43-34(45)23-9-5-2-6-10-23)35(46)42-25-15-17-26(18-16-25)48-33(22-7-3-1-4-8-22)36(47)44-32-30(40)27(38)20-28(39)31(32)41/h1-20,33H,(H,42,46)(H,43,45)(H,44,47)/b29-19-. The van der Waals surface area contributed by atoms with E-state index in [9.17, 15) is 31.9 Å². The number of anilines is 2. The molecule has 3 N–H and O–H groups in total. The van der Waals surface area contributed by atoms with Crippen LogP contribution in [0, 0.1) is 23.3 Å². The van der Waals surface area contributed by atoms with Crippen LogP contribution in [0.2, 0.25) is 0 Å². The van der Waals surface area contributed by atoms with Crippen LogP contribution in [-0.4, -0.2) is 17.7 Å². The van der Waals surface area contributed by atoms with Crippen molar-refractivity contribution in [3.63, 3.8) is 0 Å². The Labute approximate surface area is 285 Å². The zero-order valence-corrected chi connectivity index (χ0v) is 27.0. The van der Waals surface area contributed by atoms with Gasteiger partial charge in [0.15, 0.2) is 23.3 Å². The number of benzene rings is 5. The maximum atomic E-state index is 14.3. The maximum Gasteiger partial charge on any atom is 0.272 e. The molecule has 3 amide bonds. The molecule has 0 aromatic heterocycles. The molecular weight excluding hydrogens is 710 g/mol. The first-order valence-corrected chi connectivity index (χ1v) is 15.9. The first-order chi connectivity index (χ1) is 23.1.